The number of amides is 2. The summed E-state index contributed by atoms with van der Waals surface area (Å²) in [6.07, 6.45) is 1.88. The van der Waals surface area contributed by atoms with Crippen LogP contribution in [0.1, 0.15) is 38.2 Å². The highest BCUT2D eigenvalue weighted by Crippen LogP contribution is 2.34. The molecule has 1 saturated carbocycles. The number of nitrogens with one attached hydrogen (secondary N) is 2. The Balaban J connectivity index is 1.80. The minimum Gasteiger partial charge on any atom is -0.480 e. The lowest BCUT2D eigenvalue weighted by atomic mass is 10.1. The van der Waals surface area contributed by atoms with E-state index in [-0.39, 0.29) is 30.1 Å². The number of aryl methyl sites for hydroxylation is 1. The number of hydrogen-bond acceptors (Lipinski definition) is 3. The van der Waals surface area contributed by atoms with E-state index in [0.29, 0.717) is 6.42 Å². The first-order valence-corrected chi connectivity index (χ1v) is 7.85. The third-order valence-electron chi connectivity index (χ3n) is 4.02. The van der Waals surface area contributed by atoms with Crippen LogP contribution in [0, 0.1) is 5.82 Å². The standard InChI is InChI=1S/C17H21FN2O4/c1-17(8-9-17)20-15(22)10-13(16(23)24)19-14(21)7-4-11-2-5-12(18)6-3-11/h2-3,5-6,13H,4,7-10H2,1H3,(H,19,21)(H,20,22)(H,23,24)/t13-/m0/s1. The predicted octanol–water partition coefficient (Wildman–Crippen LogP) is 1.39. The van der Waals surface area contributed by atoms with Gasteiger partial charge in [-0.05, 0) is 43.9 Å². The topological polar surface area (TPSA) is 95.5 Å². The van der Waals surface area contributed by atoms with Gasteiger partial charge in [0.25, 0.3) is 0 Å². The zero-order valence-corrected chi connectivity index (χ0v) is 13.5. The molecule has 3 N–H and O–H groups in total. The summed E-state index contributed by atoms with van der Waals surface area (Å²) in [4.78, 5) is 35.0. The van der Waals surface area contributed by atoms with Crippen LogP contribution in [0.4, 0.5) is 4.39 Å². The zero-order chi connectivity index (χ0) is 17.7. The number of aliphatic carboxylic acids is 1. The first-order valence-electron chi connectivity index (χ1n) is 7.85. The lowest BCUT2D eigenvalue weighted by Crippen LogP contribution is -2.45. The number of carbonyl (C=O) groups is 3. The van der Waals surface area contributed by atoms with Crippen LogP contribution < -0.4 is 10.6 Å². The number of carboxylic acids is 1. The van der Waals surface area contributed by atoms with Gasteiger partial charge in [0.05, 0.1) is 6.42 Å². The maximum Gasteiger partial charge on any atom is 0.326 e. The van der Waals surface area contributed by atoms with Crippen molar-refractivity contribution in [3.63, 3.8) is 0 Å². The molecule has 2 amide bonds. The van der Waals surface area contributed by atoms with Crippen LogP contribution >= 0.6 is 0 Å². The van der Waals surface area contributed by atoms with Crippen molar-refractivity contribution >= 4 is 17.8 Å². The molecule has 0 aliphatic heterocycles. The van der Waals surface area contributed by atoms with Gasteiger partial charge in [0.15, 0.2) is 0 Å². The molecule has 24 heavy (non-hydrogen) atoms. The Morgan fingerprint density at radius 3 is 2.38 bits per heavy atom. The van der Waals surface area contributed by atoms with E-state index in [1.807, 2.05) is 6.92 Å². The van der Waals surface area contributed by atoms with Crippen molar-refractivity contribution in [3.8, 4) is 0 Å². The highest BCUT2D eigenvalue weighted by molar-refractivity contribution is 5.89. The summed E-state index contributed by atoms with van der Waals surface area (Å²) in [5.41, 5.74) is 0.546. The van der Waals surface area contributed by atoms with E-state index in [1.54, 1.807) is 12.1 Å². The monoisotopic (exact) mass is 336 g/mol. The van der Waals surface area contributed by atoms with Gasteiger partial charge in [-0.25, -0.2) is 9.18 Å². The maximum atomic E-state index is 12.8. The van der Waals surface area contributed by atoms with Gasteiger partial charge >= 0.3 is 5.97 Å². The number of hydrogen-bond donors (Lipinski definition) is 3. The minimum atomic E-state index is -1.26. The molecule has 1 atom stereocenters. The van der Waals surface area contributed by atoms with Gasteiger partial charge in [-0.2, -0.15) is 0 Å². The fraction of sp³-hybridized carbons (Fsp3) is 0.471. The van der Waals surface area contributed by atoms with Crippen LogP contribution in [0.3, 0.4) is 0 Å². The van der Waals surface area contributed by atoms with Gasteiger partial charge in [0, 0.05) is 12.0 Å². The van der Waals surface area contributed by atoms with E-state index in [2.05, 4.69) is 10.6 Å². The second-order valence-corrected chi connectivity index (χ2v) is 6.40. The maximum absolute atomic E-state index is 12.8. The molecular weight excluding hydrogens is 315 g/mol. The Kier molecular flexibility index (Phi) is 5.54. The summed E-state index contributed by atoms with van der Waals surface area (Å²) in [6.45, 7) is 1.89. The van der Waals surface area contributed by atoms with Crippen LogP contribution in [0.2, 0.25) is 0 Å². The first-order chi connectivity index (χ1) is 11.3. The Morgan fingerprint density at radius 1 is 1.21 bits per heavy atom. The van der Waals surface area contributed by atoms with Gasteiger partial charge in [0.2, 0.25) is 11.8 Å². The number of carbonyl (C=O) groups excluding carboxylic acids is 2. The van der Waals surface area contributed by atoms with Gasteiger partial charge in [0.1, 0.15) is 11.9 Å². The Bertz CT molecular complexity index is 626. The molecule has 7 heteroatoms. The molecule has 6 nitrogen and oxygen atoms in total. The molecule has 0 unspecified atom stereocenters. The van der Waals surface area contributed by atoms with E-state index >= 15 is 0 Å². The molecule has 0 spiro atoms. The van der Waals surface area contributed by atoms with Crippen LogP contribution in [-0.2, 0) is 20.8 Å². The van der Waals surface area contributed by atoms with Crippen LogP contribution in [-0.4, -0.2) is 34.5 Å². The molecule has 0 radical (unpaired) electrons. The van der Waals surface area contributed by atoms with E-state index in [0.717, 1.165) is 18.4 Å². The van der Waals surface area contributed by atoms with Crippen molar-refractivity contribution in [2.24, 2.45) is 0 Å². The Morgan fingerprint density at radius 2 is 1.83 bits per heavy atom. The van der Waals surface area contributed by atoms with Gasteiger partial charge < -0.3 is 15.7 Å². The molecule has 0 aromatic heterocycles. The molecule has 1 fully saturated rings. The van der Waals surface area contributed by atoms with E-state index in [4.69, 9.17) is 5.11 Å². The Labute approximate surface area is 139 Å². The minimum absolute atomic E-state index is 0.0642. The van der Waals surface area contributed by atoms with Gasteiger partial charge in [-0.3, -0.25) is 9.59 Å². The molecule has 1 aliphatic rings. The summed E-state index contributed by atoms with van der Waals surface area (Å²) in [5.74, 6) is -2.45. The van der Waals surface area contributed by atoms with Crippen molar-refractivity contribution in [1.29, 1.82) is 0 Å². The smallest absolute Gasteiger partial charge is 0.326 e. The SMILES string of the molecule is CC1(NC(=O)C[C@H](NC(=O)CCc2ccc(F)cc2)C(=O)O)CC1. The van der Waals surface area contributed by atoms with E-state index < -0.39 is 17.9 Å². The van der Waals surface area contributed by atoms with Crippen molar-refractivity contribution in [1.82, 2.24) is 10.6 Å². The highest BCUT2D eigenvalue weighted by Gasteiger charge is 2.39. The lowest BCUT2D eigenvalue weighted by Gasteiger charge is -2.16. The molecule has 0 bridgehead atoms. The third-order valence-corrected chi connectivity index (χ3v) is 4.02. The van der Waals surface area contributed by atoms with Gasteiger partial charge in [-0.15, -0.1) is 0 Å². The Hall–Kier alpha value is -2.44. The fourth-order valence-electron chi connectivity index (χ4n) is 2.26. The average Bonchev–Trinajstić information content (AvgIpc) is 3.22. The largest absolute Gasteiger partial charge is 0.480 e. The van der Waals surface area contributed by atoms with Crippen molar-refractivity contribution in [2.45, 2.75) is 50.6 Å². The second kappa shape index (κ2) is 7.42. The first kappa shape index (κ1) is 17.9. The molecular formula is C17H21FN2O4. The number of carboxylic acid groups (broad SMARTS) is 1. The molecule has 2 rings (SSSR count). The van der Waals surface area contributed by atoms with E-state index in [1.165, 1.54) is 12.1 Å². The van der Waals surface area contributed by atoms with Crippen LogP contribution in [0.15, 0.2) is 24.3 Å². The van der Waals surface area contributed by atoms with Crippen LogP contribution in [0.25, 0.3) is 0 Å². The molecule has 1 aromatic rings. The zero-order valence-electron chi connectivity index (χ0n) is 13.5. The summed E-state index contributed by atoms with van der Waals surface area (Å²) in [7, 11) is 0. The molecule has 130 valence electrons. The number of halogens is 1. The molecule has 0 saturated heterocycles. The van der Waals surface area contributed by atoms with Crippen molar-refractivity contribution < 1.29 is 23.9 Å². The summed E-state index contributed by atoms with van der Waals surface area (Å²) in [6, 6.07) is 4.49. The highest BCUT2D eigenvalue weighted by atomic mass is 19.1. The van der Waals surface area contributed by atoms with Gasteiger partial charge in [-0.1, -0.05) is 12.1 Å². The molecule has 1 aliphatic carbocycles. The lowest BCUT2D eigenvalue weighted by molar-refractivity contribution is -0.143. The summed E-state index contributed by atoms with van der Waals surface area (Å²) >= 11 is 0. The van der Waals surface area contributed by atoms with Crippen molar-refractivity contribution in [3.05, 3.63) is 35.6 Å². The summed E-state index contributed by atoms with van der Waals surface area (Å²) in [5, 5.41) is 14.3. The number of benzene rings is 1. The third kappa shape index (κ3) is 5.64. The summed E-state index contributed by atoms with van der Waals surface area (Å²) < 4.78 is 12.8. The van der Waals surface area contributed by atoms with Crippen LogP contribution in [0.5, 0.6) is 0 Å². The predicted molar refractivity (Wildman–Crippen MR) is 84.7 cm³/mol. The number of rotatable bonds is 8. The second-order valence-electron chi connectivity index (χ2n) is 6.40. The normalized spacial score (nSPS) is 16.1. The molecule has 1 aromatic carbocycles. The fourth-order valence-corrected chi connectivity index (χ4v) is 2.26. The van der Waals surface area contributed by atoms with E-state index in [9.17, 15) is 18.8 Å². The molecule has 0 heterocycles. The average molecular weight is 336 g/mol. The van der Waals surface area contributed by atoms with Crippen molar-refractivity contribution in [2.75, 3.05) is 0 Å². The quantitative estimate of drug-likeness (QED) is 0.668.